The van der Waals surface area contributed by atoms with Gasteiger partial charge in [0.15, 0.2) is 0 Å². The first-order valence-corrected chi connectivity index (χ1v) is 10.9. The number of hydrogen-bond acceptors (Lipinski definition) is 3. The van der Waals surface area contributed by atoms with Crippen LogP contribution in [0.15, 0.2) is 42.5 Å². The molecule has 3 heteroatoms. The van der Waals surface area contributed by atoms with E-state index in [-0.39, 0.29) is 0 Å². The van der Waals surface area contributed by atoms with Crippen molar-refractivity contribution in [3.63, 3.8) is 0 Å². The van der Waals surface area contributed by atoms with Crippen molar-refractivity contribution in [1.29, 1.82) is 5.26 Å². The molecule has 3 nitrogen and oxygen atoms in total. The molecule has 3 aromatic rings. The minimum absolute atomic E-state index is 0.849. The molecule has 1 fully saturated rings. The van der Waals surface area contributed by atoms with Gasteiger partial charge in [-0.3, -0.25) is 0 Å². The molecule has 0 saturated carbocycles. The van der Waals surface area contributed by atoms with Crippen molar-refractivity contribution in [1.82, 2.24) is 0 Å². The Kier molecular flexibility index (Phi) is 3.89. The molecule has 3 aromatic carbocycles. The molecule has 0 spiro atoms. The first-order chi connectivity index (χ1) is 14.8. The summed E-state index contributed by atoms with van der Waals surface area (Å²) in [6.07, 6.45) is 5.44. The van der Waals surface area contributed by atoms with Crippen LogP contribution in [-0.4, -0.2) is 20.2 Å². The Hall–Kier alpha value is -3.25. The minimum Gasteiger partial charge on any atom is -0.497 e. The zero-order valence-corrected chi connectivity index (χ0v) is 17.3. The number of ether oxygens (including phenoxy) is 1. The van der Waals surface area contributed by atoms with Gasteiger partial charge in [-0.2, -0.15) is 5.26 Å². The smallest absolute Gasteiger partial charge is 0.119 e. The van der Waals surface area contributed by atoms with E-state index in [4.69, 9.17) is 4.74 Å². The Balaban J connectivity index is 1.70. The monoisotopic (exact) mass is 392 g/mol. The Morgan fingerprint density at radius 2 is 1.60 bits per heavy atom. The summed E-state index contributed by atoms with van der Waals surface area (Å²) in [4.78, 5) is 2.49. The lowest BCUT2D eigenvalue weighted by Crippen LogP contribution is -2.31. The van der Waals surface area contributed by atoms with Crippen LogP contribution in [-0.2, 0) is 12.8 Å². The van der Waals surface area contributed by atoms with Gasteiger partial charge in [-0.15, -0.1) is 0 Å². The fourth-order valence-corrected chi connectivity index (χ4v) is 5.74. The van der Waals surface area contributed by atoms with Gasteiger partial charge in [0.05, 0.1) is 18.4 Å². The molecule has 1 heterocycles. The second kappa shape index (κ2) is 6.64. The van der Waals surface area contributed by atoms with Crippen molar-refractivity contribution in [2.75, 3.05) is 25.1 Å². The van der Waals surface area contributed by atoms with Gasteiger partial charge in [0, 0.05) is 25.9 Å². The van der Waals surface area contributed by atoms with E-state index in [1.54, 1.807) is 7.11 Å². The molecule has 0 unspecified atom stereocenters. The van der Waals surface area contributed by atoms with Crippen LogP contribution in [0, 0.1) is 11.3 Å². The fraction of sp³-hybridized carbons (Fsp3) is 0.296. The first kappa shape index (κ1) is 17.6. The molecule has 3 aliphatic rings. The zero-order chi connectivity index (χ0) is 20.2. The molecule has 0 atom stereocenters. The predicted molar refractivity (Wildman–Crippen MR) is 120 cm³/mol. The van der Waals surface area contributed by atoms with Crippen molar-refractivity contribution in [3.8, 4) is 34.1 Å². The van der Waals surface area contributed by atoms with Crippen LogP contribution in [0.25, 0.3) is 22.3 Å². The van der Waals surface area contributed by atoms with Crippen LogP contribution in [0.3, 0.4) is 0 Å². The lowest BCUT2D eigenvalue weighted by atomic mass is 9.88. The Morgan fingerprint density at radius 3 is 2.40 bits per heavy atom. The van der Waals surface area contributed by atoms with Gasteiger partial charge in [0.2, 0.25) is 0 Å². The normalized spacial score (nSPS) is 15.8. The highest BCUT2D eigenvalue weighted by Gasteiger charge is 2.36. The average Bonchev–Trinajstić information content (AvgIpc) is 3.36. The number of anilines is 1. The summed E-state index contributed by atoms with van der Waals surface area (Å²) in [6, 6.07) is 17.8. The number of rotatable bonds is 2. The van der Waals surface area contributed by atoms with E-state index in [1.807, 2.05) is 0 Å². The van der Waals surface area contributed by atoms with Crippen LogP contribution in [0.1, 0.15) is 47.1 Å². The first-order valence-electron chi connectivity index (χ1n) is 10.9. The summed E-state index contributed by atoms with van der Waals surface area (Å²) >= 11 is 0. The number of nitriles is 1. The van der Waals surface area contributed by atoms with E-state index in [0.29, 0.717) is 0 Å². The molecule has 2 aliphatic carbocycles. The van der Waals surface area contributed by atoms with Gasteiger partial charge < -0.3 is 9.64 Å². The van der Waals surface area contributed by atoms with E-state index in [0.717, 1.165) is 37.2 Å². The number of nitrogens with zero attached hydrogens (tertiary/aromatic N) is 2. The molecule has 0 bridgehead atoms. The third-order valence-electron chi connectivity index (χ3n) is 7.07. The molecule has 0 N–H and O–H groups in total. The van der Waals surface area contributed by atoms with Crippen LogP contribution in [0.4, 0.5) is 5.69 Å². The SMILES string of the molecule is COc1ccc2c(c1)-c1c(c(N3CCCCC3)c(C#N)c3c1-c1ccccc1C3)C2. The molecule has 30 heavy (non-hydrogen) atoms. The zero-order valence-electron chi connectivity index (χ0n) is 17.3. The molecular weight excluding hydrogens is 368 g/mol. The van der Waals surface area contributed by atoms with Crippen LogP contribution in [0.2, 0.25) is 0 Å². The molecule has 0 amide bonds. The van der Waals surface area contributed by atoms with Gasteiger partial charge >= 0.3 is 0 Å². The van der Waals surface area contributed by atoms with E-state index in [2.05, 4.69) is 53.4 Å². The number of methoxy groups -OCH3 is 1. The number of benzene rings is 3. The largest absolute Gasteiger partial charge is 0.497 e. The van der Waals surface area contributed by atoms with Crippen LogP contribution in [0.5, 0.6) is 5.75 Å². The maximum atomic E-state index is 10.3. The molecule has 1 saturated heterocycles. The second-order valence-electron chi connectivity index (χ2n) is 8.62. The summed E-state index contributed by atoms with van der Waals surface area (Å²) in [6.45, 7) is 2.10. The van der Waals surface area contributed by atoms with Gasteiger partial charge in [-0.25, -0.2) is 0 Å². The quantitative estimate of drug-likeness (QED) is 0.387. The standard InChI is InChI=1S/C27H24N2O/c1-30-19-10-9-18-14-23-26(21(18)15-19)25-20-8-4-3-7-17(20)13-22(25)24(16-28)27(23)29-11-5-2-6-12-29/h3-4,7-10,15H,2,5-6,11-14H2,1H3. The average molecular weight is 393 g/mol. The van der Waals surface area contributed by atoms with Gasteiger partial charge in [0.25, 0.3) is 0 Å². The Labute approximate surface area is 177 Å². The molecular formula is C27H24N2O. The van der Waals surface area contributed by atoms with E-state index in [1.165, 1.54) is 69.5 Å². The molecule has 0 radical (unpaired) electrons. The highest BCUT2D eigenvalue weighted by Crippen LogP contribution is 2.54. The van der Waals surface area contributed by atoms with Gasteiger partial charge in [-0.1, -0.05) is 30.3 Å². The van der Waals surface area contributed by atoms with Crippen LogP contribution >= 0.6 is 0 Å². The molecule has 0 aromatic heterocycles. The van der Waals surface area contributed by atoms with E-state index < -0.39 is 0 Å². The van der Waals surface area contributed by atoms with Gasteiger partial charge in [0.1, 0.15) is 11.8 Å². The van der Waals surface area contributed by atoms with Gasteiger partial charge in [-0.05, 0) is 75.9 Å². The van der Waals surface area contributed by atoms with Crippen molar-refractivity contribution >= 4 is 5.69 Å². The van der Waals surface area contributed by atoms with Crippen molar-refractivity contribution in [2.24, 2.45) is 0 Å². The van der Waals surface area contributed by atoms with Crippen LogP contribution < -0.4 is 9.64 Å². The maximum Gasteiger partial charge on any atom is 0.119 e. The number of fused-ring (bicyclic) bond motifs is 7. The topological polar surface area (TPSA) is 36.3 Å². The fourth-order valence-electron chi connectivity index (χ4n) is 5.74. The summed E-state index contributed by atoms with van der Waals surface area (Å²) < 4.78 is 5.57. The third-order valence-corrected chi connectivity index (χ3v) is 7.07. The Bertz CT molecular complexity index is 1230. The highest BCUT2D eigenvalue weighted by molar-refractivity contribution is 6.00. The lowest BCUT2D eigenvalue weighted by molar-refractivity contribution is 0.415. The third kappa shape index (κ3) is 2.37. The van der Waals surface area contributed by atoms with Crippen molar-refractivity contribution in [3.05, 3.63) is 70.3 Å². The minimum atomic E-state index is 0.849. The summed E-state index contributed by atoms with van der Waals surface area (Å²) in [7, 11) is 1.73. The highest BCUT2D eigenvalue weighted by atomic mass is 16.5. The summed E-state index contributed by atoms with van der Waals surface area (Å²) in [5, 5.41) is 10.3. The van der Waals surface area contributed by atoms with Crippen molar-refractivity contribution in [2.45, 2.75) is 32.1 Å². The number of piperidine rings is 1. The van der Waals surface area contributed by atoms with E-state index in [9.17, 15) is 5.26 Å². The van der Waals surface area contributed by atoms with E-state index >= 15 is 0 Å². The molecule has 6 rings (SSSR count). The number of hydrogen-bond donors (Lipinski definition) is 0. The van der Waals surface area contributed by atoms with Crippen molar-refractivity contribution < 1.29 is 4.74 Å². The summed E-state index contributed by atoms with van der Waals surface area (Å²) in [5.74, 6) is 0.894. The summed E-state index contributed by atoms with van der Waals surface area (Å²) in [5.41, 5.74) is 12.5. The molecule has 148 valence electrons. The maximum absolute atomic E-state index is 10.3. The second-order valence-corrected chi connectivity index (χ2v) is 8.62. The Morgan fingerprint density at radius 1 is 0.867 bits per heavy atom. The lowest BCUT2D eigenvalue weighted by Gasteiger charge is -2.32. The molecule has 1 aliphatic heterocycles. The predicted octanol–water partition coefficient (Wildman–Crippen LogP) is 5.70.